The number of hydrogen-bond acceptors (Lipinski definition) is 4. The molecule has 18 heavy (non-hydrogen) atoms. The zero-order chi connectivity index (χ0) is 13.8. The molecule has 1 saturated carbocycles. The molecule has 0 radical (unpaired) electrons. The molecule has 0 aromatic carbocycles. The topological polar surface area (TPSA) is 49.4 Å². The Kier molecular flexibility index (Phi) is 6.08. The van der Waals surface area contributed by atoms with Gasteiger partial charge in [-0.05, 0) is 39.3 Å². The number of rotatable bonds is 6. The van der Waals surface area contributed by atoms with E-state index >= 15 is 0 Å². The van der Waals surface area contributed by atoms with Crippen molar-refractivity contribution < 1.29 is 8.42 Å². The fourth-order valence-corrected chi connectivity index (χ4v) is 3.52. The van der Waals surface area contributed by atoms with E-state index in [-0.39, 0.29) is 5.75 Å². The first-order valence-corrected chi connectivity index (χ1v) is 8.98. The standard InChI is InChI=1S/C13H28N2O2S/c1-5-11-6-7-12(14-2)13(10-11)15(3)8-9-18(4,16)17/h11-14H,5-10H2,1-4H3. The van der Waals surface area contributed by atoms with Crippen LogP contribution >= 0.6 is 0 Å². The molecule has 0 saturated heterocycles. The largest absolute Gasteiger partial charge is 0.315 e. The fourth-order valence-electron chi connectivity index (χ4n) is 2.90. The highest BCUT2D eigenvalue weighted by molar-refractivity contribution is 7.90. The maximum Gasteiger partial charge on any atom is 0.148 e. The van der Waals surface area contributed by atoms with Crippen molar-refractivity contribution >= 4 is 9.84 Å². The molecule has 4 nitrogen and oxygen atoms in total. The predicted octanol–water partition coefficient (Wildman–Crippen LogP) is 1.13. The monoisotopic (exact) mass is 276 g/mol. The van der Waals surface area contributed by atoms with Crippen LogP contribution in [0.15, 0.2) is 0 Å². The van der Waals surface area contributed by atoms with Gasteiger partial charge in [-0.15, -0.1) is 0 Å². The van der Waals surface area contributed by atoms with Gasteiger partial charge in [-0.2, -0.15) is 0 Å². The number of nitrogens with zero attached hydrogens (tertiary/aromatic N) is 1. The first kappa shape index (κ1) is 15.9. The van der Waals surface area contributed by atoms with Crippen LogP contribution in [0.4, 0.5) is 0 Å². The van der Waals surface area contributed by atoms with Crippen LogP contribution in [0, 0.1) is 5.92 Å². The second kappa shape index (κ2) is 6.87. The van der Waals surface area contributed by atoms with E-state index in [2.05, 4.69) is 24.2 Å². The zero-order valence-electron chi connectivity index (χ0n) is 12.1. The van der Waals surface area contributed by atoms with Gasteiger partial charge in [-0.3, -0.25) is 0 Å². The van der Waals surface area contributed by atoms with Crippen LogP contribution in [0.3, 0.4) is 0 Å². The predicted molar refractivity (Wildman–Crippen MR) is 76.6 cm³/mol. The number of sulfone groups is 1. The van der Waals surface area contributed by atoms with Gasteiger partial charge in [-0.1, -0.05) is 13.3 Å². The lowest BCUT2D eigenvalue weighted by Crippen LogP contribution is -2.51. The molecular formula is C13H28N2O2S. The van der Waals surface area contributed by atoms with Gasteiger partial charge < -0.3 is 10.2 Å². The van der Waals surface area contributed by atoms with Gasteiger partial charge in [0, 0.05) is 24.9 Å². The third-order valence-corrected chi connectivity index (χ3v) is 5.18. The number of likely N-dealkylation sites (N-methyl/N-ethyl adjacent to an activating group) is 2. The molecule has 0 heterocycles. The summed E-state index contributed by atoms with van der Waals surface area (Å²) in [6.45, 7) is 2.88. The molecule has 1 aliphatic rings. The summed E-state index contributed by atoms with van der Waals surface area (Å²) in [7, 11) is 1.20. The molecule has 1 rings (SSSR count). The van der Waals surface area contributed by atoms with Crippen LogP contribution in [0.2, 0.25) is 0 Å². The van der Waals surface area contributed by atoms with E-state index in [1.54, 1.807) is 0 Å². The summed E-state index contributed by atoms with van der Waals surface area (Å²) < 4.78 is 22.5. The van der Waals surface area contributed by atoms with E-state index < -0.39 is 9.84 Å². The molecule has 0 amide bonds. The van der Waals surface area contributed by atoms with E-state index in [0.717, 1.165) is 5.92 Å². The Labute approximate surface area is 112 Å². The lowest BCUT2D eigenvalue weighted by Gasteiger charge is -2.41. The molecule has 1 N–H and O–H groups in total. The van der Waals surface area contributed by atoms with Crippen LogP contribution in [0.25, 0.3) is 0 Å². The molecular weight excluding hydrogens is 248 g/mol. The number of hydrogen-bond donors (Lipinski definition) is 1. The average molecular weight is 276 g/mol. The Balaban J connectivity index is 2.58. The number of nitrogens with one attached hydrogen (secondary N) is 1. The van der Waals surface area contributed by atoms with Crippen molar-refractivity contribution in [3.8, 4) is 0 Å². The van der Waals surface area contributed by atoms with Crippen LogP contribution in [0.5, 0.6) is 0 Å². The minimum atomic E-state index is -2.86. The third-order valence-electron chi connectivity index (χ3n) is 4.25. The SMILES string of the molecule is CCC1CCC(NC)C(N(C)CCS(C)(=O)=O)C1. The summed E-state index contributed by atoms with van der Waals surface area (Å²) in [6.07, 6.45) is 6.21. The molecule has 0 aromatic rings. The summed E-state index contributed by atoms with van der Waals surface area (Å²) in [6, 6.07) is 0.966. The summed E-state index contributed by atoms with van der Waals surface area (Å²) in [5.41, 5.74) is 0. The highest BCUT2D eigenvalue weighted by atomic mass is 32.2. The Morgan fingerprint density at radius 1 is 1.33 bits per heavy atom. The fraction of sp³-hybridized carbons (Fsp3) is 1.00. The zero-order valence-corrected chi connectivity index (χ0v) is 13.0. The van der Waals surface area contributed by atoms with Gasteiger partial charge in [0.2, 0.25) is 0 Å². The molecule has 1 fully saturated rings. The van der Waals surface area contributed by atoms with Crippen LogP contribution in [-0.4, -0.2) is 58.1 Å². The van der Waals surface area contributed by atoms with Gasteiger partial charge in [0.15, 0.2) is 0 Å². The Bertz CT molecular complexity index is 343. The first-order valence-electron chi connectivity index (χ1n) is 6.92. The normalized spacial score (nSPS) is 29.7. The van der Waals surface area contributed by atoms with Crippen molar-refractivity contribution in [3.63, 3.8) is 0 Å². The van der Waals surface area contributed by atoms with Crippen molar-refractivity contribution in [1.82, 2.24) is 10.2 Å². The second-order valence-electron chi connectivity index (χ2n) is 5.66. The first-order chi connectivity index (χ1) is 8.37. The Morgan fingerprint density at radius 2 is 2.00 bits per heavy atom. The molecule has 1 aliphatic carbocycles. The molecule has 0 bridgehead atoms. The maximum absolute atomic E-state index is 11.2. The molecule has 0 aromatic heterocycles. The smallest absolute Gasteiger partial charge is 0.148 e. The second-order valence-corrected chi connectivity index (χ2v) is 7.92. The van der Waals surface area contributed by atoms with Crippen molar-refractivity contribution in [2.75, 3.05) is 32.6 Å². The van der Waals surface area contributed by atoms with E-state index in [1.165, 1.54) is 31.9 Å². The Morgan fingerprint density at radius 3 is 2.50 bits per heavy atom. The molecule has 0 aliphatic heterocycles. The van der Waals surface area contributed by atoms with E-state index in [1.807, 2.05) is 7.05 Å². The summed E-state index contributed by atoms with van der Waals surface area (Å²) in [5.74, 6) is 1.05. The van der Waals surface area contributed by atoms with Crippen molar-refractivity contribution in [3.05, 3.63) is 0 Å². The van der Waals surface area contributed by atoms with Crippen LogP contribution in [-0.2, 0) is 9.84 Å². The quantitative estimate of drug-likeness (QED) is 0.790. The minimum absolute atomic E-state index is 0.257. The highest BCUT2D eigenvalue weighted by Crippen LogP contribution is 2.29. The molecule has 3 unspecified atom stereocenters. The highest BCUT2D eigenvalue weighted by Gasteiger charge is 2.31. The van der Waals surface area contributed by atoms with E-state index in [9.17, 15) is 8.42 Å². The Hall–Kier alpha value is -0.130. The molecule has 3 atom stereocenters. The van der Waals surface area contributed by atoms with Gasteiger partial charge in [0.05, 0.1) is 5.75 Å². The van der Waals surface area contributed by atoms with Gasteiger partial charge in [0.25, 0.3) is 0 Å². The van der Waals surface area contributed by atoms with Crippen LogP contribution < -0.4 is 5.32 Å². The van der Waals surface area contributed by atoms with Crippen molar-refractivity contribution in [2.45, 2.75) is 44.7 Å². The van der Waals surface area contributed by atoms with Gasteiger partial charge >= 0.3 is 0 Å². The lowest BCUT2D eigenvalue weighted by molar-refractivity contribution is 0.127. The minimum Gasteiger partial charge on any atom is -0.315 e. The van der Waals surface area contributed by atoms with Crippen LogP contribution in [0.1, 0.15) is 32.6 Å². The van der Waals surface area contributed by atoms with Gasteiger partial charge in [-0.25, -0.2) is 8.42 Å². The van der Waals surface area contributed by atoms with E-state index in [0.29, 0.717) is 18.6 Å². The lowest BCUT2D eigenvalue weighted by atomic mass is 9.80. The van der Waals surface area contributed by atoms with Crippen molar-refractivity contribution in [1.29, 1.82) is 0 Å². The maximum atomic E-state index is 11.2. The molecule has 5 heteroatoms. The summed E-state index contributed by atoms with van der Waals surface area (Å²) in [5, 5.41) is 3.39. The average Bonchev–Trinajstić information content (AvgIpc) is 2.34. The molecule has 0 spiro atoms. The summed E-state index contributed by atoms with van der Waals surface area (Å²) in [4.78, 5) is 2.23. The van der Waals surface area contributed by atoms with Crippen molar-refractivity contribution in [2.24, 2.45) is 5.92 Å². The van der Waals surface area contributed by atoms with Gasteiger partial charge in [0.1, 0.15) is 9.84 Å². The summed E-state index contributed by atoms with van der Waals surface area (Å²) >= 11 is 0. The molecule has 108 valence electrons. The van der Waals surface area contributed by atoms with E-state index in [4.69, 9.17) is 0 Å². The third kappa shape index (κ3) is 4.86.